The van der Waals surface area contributed by atoms with E-state index in [-0.39, 0.29) is 24.7 Å². The second-order valence-corrected chi connectivity index (χ2v) is 9.74. The molecule has 41 heavy (non-hydrogen) atoms. The van der Waals surface area contributed by atoms with E-state index >= 15 is 0 Å². The first-order chi connectivity index (χ1) is 20.0. The van der Waals surface area contributed by atoms with Crippen LogP contribution in [0.15, 0.2) is 78.9 Å². The molecular formula is C33H28ClN3O4. The zero-order valence-corrected chi connectivity index (χ0v) is 23.7. The molecule has 2 aromatic heterocycles. The number of aryl methyl sites for hydroxylation is 1. The fraction of sp³-hybridized carbons (Fsp3) is 0.182. The molecule has 0 radical (unpaired) electrons. The van der Waals surface area contributed by atoms with Crippen molar-refractivity contribution in [3.05, 3.63) is 118 Å². The second-order valence-electron chi connectivity index (χ2n) is 9.38. The van der Waals surface area contributed by atoms with Crippen LogP contribution in [0.2, 0.25) is 5.15 Å². The Morgan fingerprint density at radius 3 is 2.20 bits per heavy atom. The van der Waals surface area contributed by atoms with Gasteiger partial charge >= 0.3 is 5.97 Å². The molecule has 0 spiro atoms. The highest BCUT2D eigenvalue weighted by Crippen LogP contribution is 2.42. The first-order valence-corrected chi connectivity index (χ1v) is 13.5. The van der Waals surface area contributed by atoms with Crippen LogP contribution in [0.1, 0.15) is 34.0 Å². The van der Waals surface area contributed by atoms with Crippen molar-refractivity contribution in [2.45, 2.75) is 26.6 Å². The van der Waals surface area contributed by atoms with E-state index in [1.165, 1.54) is 7.11 Å². The van der Waals surface area contributed by atoms with E-state index in [1.807, 2.05) is 92.8 Å². The highest BCUT2D eigenvalue weighted by atomic mass is 35.5. The summed E-state index contributed by atoms with van der Waals surface area (Å²) in [6.07, 6.45) is 0.513. The van der Waals surface area contributed by atoms with Crippen LogP contribution in [0.3, 0.4) is 0 Å². The molecule has 0 saturated heterocycles. The van der Waals surface area contributed by atoms with Crippen molar-refractivity contribution in [3.63, 3.8) is 0 Å². The lowest BCUT2D eigenvalue weighted by molar-refractivity contribution is 0.0588. The van der Waals surface area contributed by atoms with Crippen LogP contribution >= 0.6 is 11.6 Å². The lowest BCUT2D eigenvalue weighted by Crippen LogP contribution is -2.14. The molecule has 0 unspecified atom stereocenters. The number of benzene rings is 3. The van der Waals surface area contributed by atoms with Crippen molar-refractivity contribution >= 4 is 34.2 Å². The number of carbonyl (C=O) groups is 1. The van der Waals surface area contributed by atoms with E-state index < -0.39 is 5.97 Å². The summed E-state index contributed by atoms with van der Waals surface area (Å²) < 4.78 is 19.5. The van der Waals surface area contributed by atoms with Crippen molar-refractivity contribution in [2.24, 2.45) is 7.05 Å². The number of esters is 1. The maximum absolute atomic E-state index is 13.2. The van der Waals surface area contributed by atoms with Gasteiger partial charge in [-0.1, -0.05) is 91.3 Å². The number of fused-ring (bicyclic) bond motifs is 1. The maximum Gasteiger partial charge on any atom is 0.347 e. The highest BCUT2D eigenvalue weighted by Gasteiger charge is 2.28. The molecule has 0 bridgehead atoms. The minimum Gasteiger partial charge on any atom is -0.487 e. The monoisotopic (exact) mass is 565 g/mol. The molecule has 7 nitrogen and oxygen atoms in total. The summed E-state index contributed by atoms with van der Waals surface area (Å²) in [6.45, 7) is 10.1. The van der Waals surface area contributed by atoms with Gasteiger partial charge in [-0.15, -0.1) is 0 Å². The number of pyridine rings is 1. The Bertz CT molecular complexity index is 1760. The van der Waals surface area contributed by atoms with Gasteiger partial charge < -0.3 is 18.8 Å². The standard InChI is InChI=1S/C33H28ClN3O4/c1-5-24-28(23-16-17-26-25(18-23)29(35-2)31(34)37(26)3)36-32(41-20-22-14-10-7-11-15-22)27(33(38)39-4)30(24)40-19-21-12-8-6-9-13-21/h6-18H,5,19-20H2,1,3-4H3. The third kappa shape index (κ3) is 5.47. The fourth-order valence-electron chi connectivity index (χ4n) is 4.80. The van der Waals surface area contributed by atoms with Gasteiger partial charge in [0.25, 0.3) is 0 Å². The Kier molecular flexibility index (Phi) is 8.23. The van der Waals surface area contributed by atoms with Crippen molar-refractivity contribution in [2.75, 3.05) is 7.11 Å². The maximum atomic E-state index is 13.2. The van der Waals surface area contributed by atoms with Crippen LogP contribution in [0.4, 0.5) is 5.69 Å². The molecule has 0 aliphatic rings. The zero-order valence-electron chi connectivity index (χ0n) is 23.0. The summed E-state index contributed by atoms with van der Waals surface area (Å²) in [7, 11) is 3.15. The number of halogens is 1. The second kappa shape index (κ2) is 12.2. The van der Waals surface area contributed by atoms with Crippen LogP contribution in [0, 0.1) is 6.57 Å². The Morgan fingerprint density at radius 2 is 1.61 bits per heavy atom. The van der Waals surface area contributed by atoms with E-state index in [0.29, 0.717) is 34.1 Å². The van der Waals surface area contributed by atoms with Crippen LogP contribution in [-0.2, 0) is 31.4 Å². The van der Waals surface area contributed by atoms with Crippen molar-refractivity contribution < 1.29 is 19.0 Å². The molecule has 0 fully saturated rings. The molecule has 0 aliphatic heterocycles. The molecule has 5 aromatic rings. The molecule has 0 atom stereocenters. The number of aromatic nitrogens is 2. The van der Waals surface area contributed by atoms with Crippen LogP contribution in [0.5, 0.6) is 11.6 Å². The van der Waals surface area contributed by atoms with Crippen LogP contribution in [0.25, 0.3) is 27.0 Å². The minimum atomic E-state index is -0.606. The summed E-state index contributed by atoms with van der Waals surface area (Å²) in [6, 6.07) is 25.1. The van der Waals surface area contributed by atoms with Gasteiger partial charge in [-0.25, -0.2) is 14.6 Å². The number of rotatable bonds is 9. The van der Waals surface area contributed by atoms with Gasteiger partial charge in [0, 0.05) is 29.1 Å². The zero-order chi connectivity index (χ0) is 28.9. The summed E-state index contributed by atoms with van der Waals surface area (Å²) in [5.74, 6) is -0.147. The fourth-order valence-corrected chi connectivity index (χ4v) is 5.03. The normalized spacial score (nSPS) is 10.8. The summed E-state index contributed by atoms with van der Waals surface area (Å²) >= 11 is 6.46. The molecule has 8 heteroatoms. The average molecular weight is 566 g/mol. The third-order valence-electron chi connectivity index (χ3n) is 6.89. The molecule has 0 saturated carbocycles. The number of hydrogen-bond donors (Lipinski definition) is 0. The van der Waals surface area contributed by atoms with Gasteiger partial charge in [0.1, 0.15) is 24.1 Å². The van der Waals surface area contributed by atoms with E-state index in [4.69, 9.17) is 37.4 Å². The number of hydrogen-bond acceptors (Lipinski definition) is 5. The van der Waals surface area contributed by atoms with E-state index in [9.17, 15) is 4.79 Å². The van der Waals surface area contributed by atoms with E-state index in [0.717, 1.165) is 27.8 Å². The molecule has 0 amide bonds. The molecule has 5 rings (SSSR count). The number of methoxy groups -OCH3 is 1. The summed E-state index contributed by atoms with van der Waals surface area (Å²) in [5.41, 5.74) is 5.24. The van der Waals surface area contributed by atoms with E-state index in [1.54, 1.807) is 4.57 Å². The van der Waals surface area contributed by atoms with Crippen LogP contribution in [-0.4, -0.2) is 22.6 Å². The minimum absolute atomic E-state index is 0.104. The van der Waals surface area contributed by atoms with Gasteiger partial charge in [-0.05, 0) is 23.6 Å². The SMILES string of the molecule is [C-]#[N+]c1c(Cl)n(C)c2ccc(-c3nc(OCc4ccccc4)c(C(=O)OC)c(OCc4ccccc4)c3CC)cc12. The van der Waals surface area contributed by atoms with E-state index in [2.05, 4.69) is 4.85 Å². The van der Waals surface area contributed by atoms with Gasteiger partial charge in [0.05, 0.1) is 19.4 Å². The lowest BCUT2D eigenvalue weighted by Gasteiger charge is -2.20. The van der Waals surface area contributed by atoms with Crippen molar-refractivity contribution in [1.82, 2.24) is 9.55 Å². The van der Waals surface area contributed by atoms with Crippen LogP contribution < -0.4 is 9.47 Å². The number of ether oxygens (including phenoxy) is 3. The van der Waals surface area contributed by atoms with Gasteiger partial charge in [0.2, 0.25) is 11.6 Å². The van der Waals surface area contributed by atoms with Crippen molar-refractivity contribution in [3.8, 4) is 22.9 Å². The van der Waals surface area contributed by atoms with Gasteiger partial charge in [-0.2, -0.15) is 0 Å². The molecular weight excluding hydrogens is 538 g/mol. The van der Waals surface area contributed by atoms with Gasteiger partial charge in [0.15, 0.2) is 5.56 Å². The molecule has 206 valence electrons. The molecule has 2 heterocycles. The Hall–Kier alpha value is -4.80. The molecule has 3 aromatic carbocycles. The Balaban J connectivity index is 1.72. The quantitative estimate of drug-likeness (QED) is 0.134. The average Bonchev–Trinajstić information content (AvgIpc) is 3.26. The largest absolute Gasteiger partial charge is 0.487 e. The predicted octanol–water partition coefficient (Wildman–Crippen LogP) is 7.95. The molecule has 0 N–H and O–H groups in total. The lowest BCUT2D eigenvalue weighted by atomic mass is 9.99. The number of nitrogens with zero attached hydrogens (tertiary/aromatic N) is 3. The highest BCUT2D eigenvalue weighted by molar-refractivity contribution is 6.35. The first-order valence-electron chi connectivity index (χ1n) is 13.1. The summed E-state index contributed by atoms with van der Waals surface area (Å²) in [4.78, 5) is 21.8. The third-order valence-corrected chi connectivity index (χ3v) is 7.32. The van der Waals surface area contributed by atoms with Gasteiger partial charge in [-0.3, -0.25) is 0 Å². The molecule has 0 aliphatic carbocycles. The Labute approximate surface area is 243 Å². The predicted molar refractivity (Wildman–Crippen MR) is 160 cm³/mol. The summed E-state index contributed by atoms with van der Waals surface area (Å²) in [5, 5.41) is 1.08. The Morgan fingerprint density at radius 1 is 0.976 bits per heavy atom. The van der Waals surface area contributed by atoms with Crippen molar-refractivity contribution in [1.29, 1.82) is 0 Å². The first kappa shape index (κ1) is 27.8. The topological polar surface area (TPSA) is 66.9 Å². The number of carbonyl (C=O) groups excluding carboxylic acids is 1. The smallest absolute Gasteiger partial charge is 0.347 e.